The van der Waals surface area contributed by atoms with E-state index in [9.17, 15) is 19.6 Å². The Kier molecular flexibility index (Phi) is 6.93. The van der Waals surface area contributed by atoms with Gasteiger partial charge in [0.05, 0.1) is 27.0 Å². The molecule has 41 heavy (non-hydrogen) atoms. The Morgan fingerprint density at radius 2 is 1.83 bits per heavy atom. The van der Waals surface area contributed by atoms with Gasteiger partial charge in [-0.3, -0.25) is 14.4 Å². The van der Waals surface area contributed by atoms with E-state index in [-0.39, 0.29) is 17.4 Å². The molecule has 0 atom stereocenters. The summed E-state index contributed by atoms with van der Waals surface area (Å²) >= 11 is 8.79. The number of carbonyl (C=O) groups is 3. The first-order chi connectivity index (χ1) is 19.8. The van der Waals surface area contributed by atoms with Gasteiger partial charge in [-0.15, -0.1) is 11.3 Å². The number of nitriles is 1. The van der Waals surface area contributed by atoms with Crippen LogP contribution >= 0.6 is 34.7 Å². The molecule has 1 aliphatic heterocycles. The number of imide groups is 1. The predicted molar refractivity (Wildman–Crippen MR) is 158 cm³/mol. The molecular weight excluding hydrogens is 580 g/mol. The molecule has 0 radical (unpaired) electrons. The second-order valence-electron chi connectivity index (χ2n) is 8.92. The number of aromatic nitrogens is 1. The third kappa shape index (κ3) is 5.02. The molecule has 0 bridgehead atoms. The second kappa shape index (κ2) is 10.7. The standard InChI is InChI=1S/C30H17ClN4O4S2/c1-16-22(31)7-4-8-23(16)33-27(36)17(15-32)13-19-10-12-26(39-19)41-30-34-24-11-9-18(14-25(24)40-30)35-28(37)20-5-2-3-6-21(20)29(35)38/h2-14H,1H3,(H,33,36)/b17-13+. The maximum Gasteiger partial charge on any atom is 0.266 e. The number of hydrogen-bond acceptors (Lipinski definition) is 8. The average molecular weight is 597 g/mol. The fraction of sp³-hybridized carbons (Fsp3) is 0.0333. The van der Waals surface area contributed by atoms with Crippen molar-refractivity contribution in [2.24, 2.45) is 0 Å². The van der Waals surface area contributed by atoms with Crippen LogP contribution in [0.2, 0.25) is 5.02 Å². The third-order valence-corrected chi connectivity index (χ3v) is 8.77. The smallest absolute Gasteiger partial charge is 0.266 e. The van der Waals surface area contributed by atoms with Crippen molar-refractivity contribution >= 4 is 80.1 Å². The van der Waals surface area contributed by atoms with Crippen LogP contribution in [0.15, 0.2) is 92.2 Å². The third-order valence-electron chi connectivity index (χ3n) is 6.36. The van der Waals surface area contributed by atoms with Crippen LogP contribution in [-0.2, 0) is 4.79 Å². The van der Waals surface area contributed by atoms with Gasteiger partial charge in [-0.2, -0.15) is 5.26 Å². The van der Waals surface area contributed by atoms with E-state index in [1.807, 2.05) is 6.07 Å². The fourth-order valence-electron chi connectivity index (χ4n) is 4.27. The van der Waals surface area contributed by atoms with Crippen LogP contribution < -0.4 is 10.2 Å². The minimum Gasteiger partial charge on any atom is -0.450 e. The van der Waals surface area contributed by atoms with Gasteiger partial charge in [0.1, 0.15) is 17.4 Å². The zero-order chi connectivity index (χ0) is 28.7. The van der Waals surface area contributed by atoms with Gasteiger partial charge in [0.2, 0.25) is 0 Å². The normalized spacial score (nSPS) is 13.0. The number of nitrogens with zero attached hydrogens (tertiary/aromatic N) is 3. The molecule has 200 valence electrons. The van der Waals surface area contributed by atoms with Crippen molar-refractivity contribution in [2.75, 3.05) is 10.2 Å². The number of halogens is 1. The molecule has 3 heterocycles. The molecule has 0 fully saturated rings. The summed E-state index contributed by atoms with van der Waals surface area (Å²) in [6.07, 6.45) is 1.37. The van der Waals surface area contributed by atoms with E-state index in [0.717, 1.165) is 4.70 Å². The van der Waals surface area contributed by atoms with Crippen LogP contribution in [0.25, 0.3) is 16.3 Å². The van der Waals surface area contributed by atoms with Crippen LogP contribution in [0.4, 0.5) is 11.4 Å². The van der Waals surface area contributed by atoms with Gasteiger partial charge in [-0.1, -0.05) is 29.8 Å². The van der Waals surface area contributed by atoms with Gasteiger partial charge in [0.25, 0.3) is 17.7 Å². The molecule has 5 aromatic rings. The quantitative estimate of drug-likeness (QED) is 0.124. The molecule has 0 aliphatic carbocycles. The predicted octanol–water partition coefficient (Wildman–Crippen LogP) is 7.35. The number of furan rings is 1. The van der Waals surface area contributed by atoms with E-state index in [0.29, 0.717) is 53.8 Å². The first-order valence-electron chi connectivity index (χ1n) is 12.2. The molecule has 0 saturated heterocycles. The Hall–Kier alpha value is -4.69. The second-order valence-corrected chi connectivity index (χ2v) is 11.6. The molecule has 1 N–H and O–H groups in total. The number of rotatable bonds is 6. The number of anilines is 2. The monoisotopic (exact) mass is 596 g/mol. The van der Waals surface area contributed by atoms with E-state index < -0.39 is 5.91 Å². The van der Waals surface area contributed by atoms with Gasteiger partial charge in [0.15, 0.2) is 9.43 Å². The van der Waals surface area contributed by atoms with Gasteiger partial charge < -0.3 is 9.73 Å². The lowest BCUT2D eigenvalue weighted by molar-refractivity contribution is -0.112. The molecule has 8 nitrogen and oxygen atoms in total. The van der Waals surface area contributed by atoms with Gasteiger partial charge in [0, 0.05) is 16.8 Å². The van der Waals surface area contributed by atoms with Crippen molar-refractivity contribution in [1.82, 2.24) is 4.98 Å². The van der Waals surface area contributed by atoms with Crippen molar-refractivity contribution in [3.05, 3.63) is 106 Å². The van der Waals surface area contributed by atoms with E-state index in [2.05, 4.69) is 10.3 Å². The Morgan fingerprint density at radius 1 is 1.07 bits per heavy atom. The highest BCUT2D eigenvalue weighted by Gasteiger charge is 2.36. The lowest BCUT2D eigenvalue weighted by Crippen LogP contribution is -2.29. The number of hydrogen-bond donors (Lipinski definition) is 1. The summed E-state index contributed by atoms with van der Waals surface area (Å²) in [5, 5.41) is 13.3. The highest BCUT2D eigenvalue weighted by Crippen LogP contribution is 2.38. The Bertz CT molecular complexity index is 1940. The van der Waals surface area contributed by atoms with Crippen molar-refractivity contribution in [3.63, 3.8) is 0 Å². The lowest BCUT2D eigenvalue weighted by Gasteiger charge is -2.13. The number of thiazole rings is 1. The number of benzene rings is 3. The van der Waals surface area contributed by atoms with E-state index in [1.54, 1.807) is 79.7 Å². The molecule has 0 spiro atoms. The van der Waals surface area contributed by atoms with Gasteiger partial charge in [-0.05, 0) is 78.8 Å². The first kappa shape index (κ1) is 26.5. The number of amides is 3. The number of fused-ring (bicyclic) bond motifs is 2. The highest BCUT2D eigenvalue weighted by atomic mass is 35.5. The van der Waals surface area contributed by atoms with Crippen LogP contribution in [0, 0.1) is 18.3 Å². The topological polar surface area (TPSA) is 116 Å². The van der Waals surface area contributed by atoms with E-state index in [1.165, 1.54) is 34.1 Å². The minimum atomic E-state index is -0.580. The summed E-state index contributed by atoms with van der Waals surface area (Å²) in [7, 11) is 0. The lowest BCUT2D eigenvalue weighted by atomic mass is 10.1. The van der Waals surface area contributed by atoms with Crippen molar-refractivity contribution in [2.45, 2.75) is 16.4 Å². The molecule has 0 saturated carbocycles. The number of nitrogens with one attached hydrogen (secondary N) is 1. The molecule has 2 aromatic heterocycles. The van der Waals surface area contributed by atoms with Crippen molar-refractivity contribution in [3.8, 4) is 6.07 Å². The fourth-order valence-corrected chi connectivity index (χ4v) is 6.45. The molecular formula is C30H17ClN4O4S2. The van der Waals surface area contributed by atoms with Crippen LogP contribution in [-0.4, -0.2) is 22.7 Å². The largest absolute Gasteiger partial charge is 0.450 e. The van der Waals surface area contributed by atoms with Crippen molar-refractivity contribution in [1.29, 1.82) is 5.26 Å². The maximum absolute atomic E-state index is 12.9. The molecule has 3 amide bonds. The molecule has 6 rings (SSSR count). The Morgan fingerprint density at radius 3 is 2.56 bits per heavy atom. The summed E-state index contributed by atoms with van der Waals surface area (Å²) < 4.78 is 7.31. The molecule has 11 heteroatoms. The Labute approximate surface area is 246 Å². The van der Waals surface area contributed by atoms with Crippen molar-refractivity contribution < 1.29 is 18.8 Å². The zero-order valence-electron chi connectivity index (χ0n) is 21.2. The molecule has 1 aliphatic rings. The Balaban J connectivity index is 1.18. The summed E-state index contributed by atoms with van der Waals surface area (Å²) in [5.74, 6) is -0.957. The summed E-state index contributed by atoms with van der Waals surface area (Å²) in [4.78, 5) is 44.2. The molecule has 0 unspecified atom stereocenters. The van der Waals surface area contributed by atoms with Crippen LogP contribution in [0.3, 0.4) is 0 Å². The summed E-state index contributed by atoms with van der Waals surface area (Å²) in [5.41, 5.74) is 3.05. The average Bonchev–Trinajstić information content (AvgIpc) is 3.65. The zero-order valence-corrected chi connectivity index (χ0v) is 23.6. The van der Waals surface area contributed by atoms with Crippen LogP contribution in [0.5, 0.6) is 0 Å². The summed E-state index contributed by atoms with van der Waals surface area (Å²) in [6.45, 7) is 1.77. The van der Waals surface area contributed by atoms with Crippen LogP contribution in [0.1, 0.15) is 32.0 Å². The van der Waals surface area contributed by atoms with E-state index >= 15 is 0 Å². The number of carbonyl (C=O) groups excluding carboxylic acids is 3. The summed E-state index contributed by atoms with van der Waals surface area (Å²) in [6, 6.07) is 22.4. The highest BCUT2D eigenvalue weighted by molar-refractivity contribution is 8.01. The molecule has 3 aromatic carbocycles. The van der Waals surface area contributed by atoms with E-state index in [4.69, 9.17) is 16.0 Å². The maximum atomic E-state index is 12.9. The van der Waals surface area contributed by atoms with Gasteiger partial charge >= 0.3 is 0 Å². The SMILES string of the molecule is Cc1c(Cl)cccc1NC(=O)/C(C#N)=C/c1ccc(Sc2nc3ccc(N4C(=O)c5ccccc5C4=O)cc3s2)o1. The first-order valence-corrected chi connectivity index (χ1v) is 14.2. The van der Waals surface area contributed by atoms with Gasteiger partial charge in [-0.25, -0.2) is 9.88 Å². The minimum absolute atomic E-state index is 0.129.